The first kappa shape index (κ1) is 16.6. The molecule has 0 heterocycles. The molecule has 0 aliphatic carbocycles. The summed E-state index contributed by atoms with van der Waals surface area (Å²) in [5.41, 5.74) is 0.175. The molecule has 1 atom stereocenters. The maximum absolute atomic E-state index is 5.16. The molecule has 17 heavy (non-hydrogen) atoms. The Morgan fingerprint density at radius 1 is 1.41 bits per heavy atom. The molecule has 0 aliphatic rings. The molecule has 102 valence electrons. The SMILES string of the molecule is C=CCN(CCOC)C(CC)CNC(C)(C)C. The van der Waals surface area contributed by atoms with Crippen LogP contribution in [0.3, 0.4) is 0 Å². The van der Waals surface area contributed by atoms with E-state index in [0.29, 0.717) is 6.04 Å². The lowest BCUT2D eigenvalue weighted by Crippen LogP contribution is -2.48. The number of hydrogen-bond donors (Lipinski definition) is 1. The van der Waals surface area contributed by atoms with Gasteiger partial charge in [0.2, 0.25) is 0 Å². The summed E-state index contributed by atoms with van der Waals surface area (Å²) < 4.78 is 5.16. The summed E-state index contributed by atoms with van der Waals surface area (Å²) >= 11 is 0. The quantitative estimate of drug-likeness (QED) is 0.628. The van der Waals surface area contributed by atoms with Gasteiger partial charge in [0, 0.05) is 38.3 Å². The van der Waals surface area contributed by atoms with E-state index >= 15 is 0 Å². The summed E-state index contributed by atoms with van der Waals surface area (Å²) in [6, 6.07) is 0.544. The molecule has 1 unspecified atom stereocenters. The molecule has 3 heteroatoms. The van der Waals surface area contributed by atoms with Gasteiger partial charge in [0.15, 0.2) is 0 Å². The van der Waals surface area contributed by atoms with Gasteiger partial charge in [-0.2, -0.15) is 0 Å². The molecule has 0 saturated heterocycles. The molecule has 0 rings (SSSR count). The van der Waals surface area contributed by atoms with Gasteiger partial charge in [0.25, 0.3) is 0 Å². The van der Waals surface area contributed by atoms with Crippen LogP contribution in [-0.4, -0.2) is 49.8 Å². The average molecular weight is 242 g/mol. The van der Waals surface area contributed by atoms with E-state index in [1.54, 1.807) is 7.11 Å². The van der Waals surface area contributed by atoms with Gasteiger partial charge in [0.1, 0.15) is 0 Å². The van der Waals surface area contributed by atoms with Crippen molar-refractivity contribution in [1.29, 1.82) is 0 Å². The minimum absolute atomic E-state index is 0.175. The molecule has 0 radical (unpaired) electrons. The van der Waals surface area contributed by atoms with Gasteiger partial charge in [-0.3, -0.25) is 4.90 Å². The highest BCUT2D eigenvalue weighted by atomic mass is 16.5. The Balaban J connectivity index is 4.28. The molecule has 0 aromatic heterocycles. The number of hydrogen-bond acceptors (Lipinski definition) is 3. The second kappa shape index (κ2) is 8.67. The Kier molecular flexibility index (Phi) is 8.48. The van der Waals surface area contributed by atoms with E-state index in [9.17, 15) is 0 Å². The van der Waals surface area contributed by atoms with Crippen LogP contribution in [0.2, 0.25) is 0 Å². The summed E-state index contributed by atoms with van der Waals surface area (Å²) in [7, 11) is 1.75. The Bertz CT molecular complexity index is 199. The number of ether oxygens (including phenoxy) is 1. The van der Waals surface area contributed by atoms with Gasteiger partial charge in [-0.05, 0) is 27.2 Å². The van der Waals surface area contributed by atoms with Crippen LogP contribution in [0.25, 0.3) is 0 Å². The topological polar surface area (TPSA) is 24.5 Å². The summed E-state index contributed by atoms with van der Waals surface area (Å²) in [4.78, 5) is 2.43. The summed E-state index contributed by atoms with van der Waals surface area (Å²) in [6.45, 7) is 16.3. The van der Waals surface area contributed by atoms with Crippen molar-refractivity contribution in [3.05, 3.63) is 12.7 Å². The lowest BCUT2D eigenvalue weighted by atomic mass is 10.1. The molecule has 0 saturated carbocycles. The fraction of sp³-hybridized carbons (Fsp3) is 0.857. The van der Waals surface area contributed by atoms with E-state index in [-0.39, 0.29) is 5.54 Å². The van der Waals surface area contributed by atoms with Gasteiger partial charge < -0.3 is 10.1 Å². The standard InChI is InChI=1S/C14H30N2O/c1-7-9-16(10-11-17-6)13(8-2)12-15-14(3,4)5/h7,13,15H,1,8-12H2,2-6H3. The van der Waals surface area contributed by atoms with E-state index in [1.807, 2.05) is 6.08 Å². The average Bonchev–Trinajstić information content (AvgIpc) is 2.25. The predicted octanol–water partition coefficient (Wildman–Crippen LogP) is 2.29. The van der Waals surface area contributed by atoms with Crippen molar-refractivity contribution < 1.29 is 4.74 Å². The first-order chi connectivity index (χ1) is 7.94. The lowest BCUT2D eigenvalue weighted by Gasteiger charge is -2.33. The predicted molar refractivity (Wildman–Crippen MR) is 75.5 cm³/mol. The second-order valence-corrected chi connectivity index (χ2v) is 5.47. The van der Waals surface area contributed by atoms with Crippen LogP contribution in [0.15, 0.2) is 12.7 Å². The highest BCUT2D eigenvalue weighted by molar-refractivity contribution is 4.82. The van der Waals surface area contributed by atoms with Gasteiger partial charge >= 0.3 is 0 Å². The Morgan fingerprint density at radius 2 is 2.06 bits per heavy atom. The van der Waals surface area contributed by atoms with Gasteiger partial charge in [0.05, 0.1) is 6.61 Å². The monoisotopic (exact) mass is 242 g/mol. The van der Waals surface area contributed by atoms with Crippen molar-refractivity contribution in [2.45, 2.75) is 45.7 Å². The summed E-state index contributed by atoms with van der Waals surface area (Å²) in [5, 5.41) is 3.57. The van der Waals surface area contributed by atoms with Gasteiger partial charge in [-0.25, -0.2) is 0 Å². The van der Waals surface area contributed by atoms with Crippen LogP contribution < -0.4 is 5.32 Å². The smallest absolute Gasteiger partial charge is 0.0589 e. The van der Waals surface area contributed by atoms with E-state index in [2.05, 4.69) is 44.5 Å². The van der Waals surface area contributed by atoms with E-state index in [1.165, 1.54) is 0 Å². The van der Waals surface area contributed by atoms with Crippen molar-refractivity contribution in [3.8, 4) is 0 Å². The zero-order chi connectivity index (χ0) is 13.3. The fourth-order valence-electron chi connectivity index (χ4n) is 1.75. The van der Waals surface area contributed by atoms with Crippen LogP contribution >= 0.6 is 0 Å². The number of methoxy groups -OCH3 is 1. The molecule has 1 N–H and O–H groups in total. The number of nitrogens with one attached hydrogen (secondary N) is 1. The molecule has 0 spiro atoms. The van der Waals surface area contributed by atoms with E-state index in [0.717, 1.165) is 32.7 Å². The van der Waals surface area contributed by atoms with Crippen LogP contribution in [0, 0.1) is 0 Å². The molecule has 3 nitrogen and oxygen atoms in total. The first-order valence-corrected chi connectivity index (χ1v) is 6.53. The molecular weight excluding hydrogens is 212 g/mol. The maximum Gasteiger partial charge on any atom is 0.0589 e. The third-order valence-electron chi connectivity index (χ3n) is 2.80. The second-order valence-electron chi connectivity index (χ2n) is 5.47. The Morgan fingerprint density at radius 3 is 2.47 bits per heavy atom. The van der Waals surface area contributed by atoms with Gasteiger partial charge in [-0.1, -0.05) is 13.0 Å². The minimum atomic E-state index is 0.175. The summed E-state index contributed by atoms with van der Waals surface area (Å²) in [5.74, 6) is 0. The zero-order valence-corrected chi connectivity index (χ0v) is 12.3. The molecule has 0 amide bonds. The molecular formula is C14H30N2O. The van der Waals surface area contributed by atoms with Crippen molar-refractivity contribution >= 4 is 0 Å². The normalized spacial score (nSPS) is 14.0. The molecule has 0 bridgehead atoms. The Labute approximate surface area is 107 Å². The first-order valence-electron chi connectivity index (χ1n) is 6.53. The Hall–Kier alpha value is -0.380. The van der Waals surface area contributed by atoms with Crippen molar-refractivity contribution in [2.75, 3.05) is 33.4 Å². The van der Waals surface area contributed by atoms with Crippen LogP contribution in [0.5, 0.6) is 0 Å². The van der Waals surface area contributed by atoms with E-state index in [4.69, 9.17) is 4.74 Å². The zero-order valence-electron chi connectivity index (χ0n) is 12.3. The third-order valence-corrected chi connectivity index (χ3v) is 2.80. The summed E-state index contributed by atoms with van der Waals surface area (Å²) in [6.07, 6.45) is 3.11. The highest BCUT2D eigenvalue weighted by Crippen LogP contribution is 2.06. The molecule has 0 aromatic carbocycles. The lowest BCUT2D eigenvalue weighted by molar-refractivity contribution is 0.122. The largest absolute Gasteiger partial charge is 0.383 e. The number of rotatable bonds is 9. The van der Waals surface area contributed by atoms with Crippen LogP contribution in [0.1, 0.15) is 34.1 Å². The number of nitrogens with zero attached hydrogens (tertiary/aromatic N) is 1. The van der Waals surface area contributed by atoms with Gasteiger partial charge in [-0.15, -0.1) is 6.58 Å². The molecule has 0 fully saturated rings. The molecule has 0 aliphatic heterocycles. The van der Waals surface area contributed by atoms with Crippen LogP contribution in [0.4, 0.5) is 0 Å². The van der Waals surface area contributed by atoms with Crippen LogP contribution in [-0.2, 0) is 4.74 Å². The molecule has 0 aromatic rings. The van der Waals surface area contributed by atoms with Crippen molar-refractivity contribution in [2.24, 2.45) is 0 Å². The maximum atomic E-state index is 5.16. The van der Waals surface area contributed by atoms with E-state index < -0.39 is 0 Å². The van der Waals surface area contributed by atoms with Crippen molar-refractivity contribution in [1.82, 2.24) is 10.2 Å². The fourth-order valence-corrected chi connectivity index (χ4v) is 1.75. The minimum Gasteiger partial charge on any atom is -0.383 e. The highest BCUT2D eigenvalue weighted by Gasteiger charge is 2.18. The van der Waals surface area contributed by atoms with Crippen molar-refractivity contribution in [3.63, 3.8) is 0 Å². The third kappa shape index (κ3) is 8.36.